The Balaban J connectivity index is 2.01. The highest BCUT2D eigenvalue weighted by Gasteiger charge is 2.35. The molecule has 1 heterocycles. The van der Waals surface area contributed by atoms with Gasteiger partial charge in [-0.05, 0) is 6.07 Å². The minimum Gasteiger partial charge on any atom is -0.439 e. The van der Waals surface area contributed by atoms with Gasteiger partial charge in [0.25, 0.3) is 0 Å². The van der Waals surface area contributed by atoms with Crippen LogP contribution in [-0.4, -0.2) is 16.3 Å². The number of aliphatic hydroxyl groups is 1. The topological polar surface area (TPSA) is 68.4 Å². The smallest absolute Gasteiger partial charge is 0.222 e. The lowest BCUT2D eigenvalue weighted by molar-refractivity contribution is 0.0908. The highest BCUT2D eigenvalue weighted by molar-refractivity contribution is 7.80. The summed E-state index contributed by atoms with van der Waals surface area (Å²) in [5.74, 6) is -0.270. The number of rotatable bonds is 2. The second-order valence-corrected chi connectivity index (χ2v) is 5.31. The molecule has 0 saturated heterocycles. The first-order chi connectivity index (χ1) is 9.95. The molecule has 7 heteroatoms. The lowest BCUT2D eigenvalue weighted by Gasteiger charge is -2.12. The largest absolute Gasteiger partial charge is 0.439 e. The predicted molar refractivity (Wildman–Crippen MR) is 75.9 cm³/mol. The average Bonchev–Trinajstić information content (AvgIpc) is 2.69. The number of alkyl halides is 1. The summed E-state index contributed by atoms with van der Waals surface area (Å²) in [5.41, 5.74) is 6.54. The van der Waals surface area contributed by atoms with E-state index in [1.54, 1.807) is 0 Å². The molecule has 0 unspecified atom stereocenters. The van der Waals surface area contributed by atoms with Crippen molar-refractivity contribution in [2.75, 3.05) is 5.73 Å². The number of nitrogens with zero attached hydrogens (tertiary/aromatic N) is 1. The molecule has 0 aliphatic heterocycles. The van der Waals surface area contributed by atoms with E-state index in [4.69, 9.17) is 10.5 Å². The van der Waals surface area contributed by atoms with Crippen LogP contribution in [0.25, 0.3) is 0 Å². The molecule has 0 fully saturated rings. The van der Waals surface area contributed by atoms with Gasteiger partial charge in [0.1, 0.15) is 23.8 Å². The molecule has 0 amide bonds. The zero-order valence-corrected chi connectivity index (χ0v) is 11.6. The Hall–Kier alpha value is -1.86. The van der Waals surface area contributed by atoms with Crippen LogP contribution in [0.15, 0.2) is 29.3 Å². The lowest BCUT2D eigenvalue weighted by atomic mass is 10.1. The summed E-state index contributed by atoms with van der Waals surface area (Å²) < 4.78 is 32.5. The molecule has 1 aliphatic carbocycles. The van der Waals surface area contributed by atoms with Gasteiger partial charge in [-0.1, -0.05) is 0 Å². The molecule has 1 aromatic heterocycles. The first kappa shape index (κ1) is 14.1. The van der Waals surface area contributed by atoms with Crippen molar-refractivity contribution in [3.05, 3.63) is 41.3 Å². The number of thiol groups is 1. The summed E-state index contributed by atoms with van der Waals surface area (Å²) in [4.78, 5) is 4.43. The van der Waals surface area contributed by atoms with E-state index in [1.807, 2.05) is 0 Å². The summed E-state index contributed by atoms with van der Waals surface area (Å²) >= 11 is 4.17. The molecule has 4 nitrogen and oxygen atoms in total. The van der Waals surface area contributed by atoms with Crippen molar-refractivity contribution in [3.63, 3.8) is 0 Å². The second kappa shape index (κ2) is 5.16. The van der Waals surface area contributed by atoms with E-state index in [1.165, 1.54) is 12.3 Å². The molecular formula is C14H12F2N2O2S. The molecule has 1 aliphatic rings. The van der Waals surface area contributed by atoms with E-state index >= 15 is 0 Å². The summed E-state index contributed by atoms with van der Waals surface area (Å²) in [6.07, 6.45) is -1.36. The zero-order valence-electron chi connectivity index (χ0n) is 10.8. The monoisotopic (exact) mass is 310 g/mol. The molecular weight excluding hydrogens is 298 g/mol. The summed E-state index contributed by atoms with van der Waals surface area (Å²) in [6.45, 7) is 0. The van der Waals surface area contributed by atoms with E-state index in [2.05, 4.69) is 17.6 Å². The maximum atomic E-state index is 13.7. The lowest BCUT2D eigenvalue weighted by Crippen LogP contribution is -2.06. The highest BCUT2D eigenvalue weighted by Crippen LogP contribution is 2.42. The molecule has 3 rings (SSSR count). The average molecular weight is 310 g/mol. The van der Waals surface area contributed by atoms with Gasteiger partial charge >= 0.3 is 0 Å². The molecule has 0 spiro atoms. The molecule has 0 radical (unpaired) electrons. The minimum atomic E-state index is -1.44. The fourth-order valence-corrected chi connectivity index (χ4v) is 2.72. The van der Waals surface area contributed by atoms with Crippen LogP contribution in [0.5, 0.6) is 11.6 Å². The zero-order chi connectivity index (χ0) is 15.1. The van der Waals surface area contributed by atoms with Crippen LogP contribution < -0.4 is 10.5 Å². The number of nitrogens with two attached hydrogens (primary N) is 1. The predicted octanol–water partition coefficient (Wildman–Crippen LogP) is 2.81. The van der Waals surface area contributed by atoms with Crippen LogP contribution in [0.4, 0.5) is 14.5 Å². The molecule has 1 aromatic carbocycles. The standard InChI is InChI=1S/C14H12F2N2O2S/c15-6-1-7(17)3-8(2-6)20-14-9-4-10(16)13(19)12(9)11(21)5-18-14/h1-3,5,10,13,19,21H,4,17H2/t10-,13-/m1/s1. The Morgan fingerprint density at radius 1 is 1.38 bits per heavy atom. The van der Waals surface area contributed by atoms with Crippen LogP contribution in [0.2, 0.25) is 0 Å². The van der Waals surface area contributed by atoms with Crippen molar-refractivity contribution < 1.29 is 18.6 Å². The summed E-state index contributed by atoms with van der Waals surface area (Å²) in [6, 6.07) is 3.74. The van der Waals surface area contributed by atoms with Gasteiger partial charge in [-0.3, -0.25) is 0 Å². The fourth-order valence-electron chi connectivity index (χ4n) is 2.39. The number of aromatic nitrogens is 1. The second-order valence-electron chi connectivity index (χ2n) is 4.83. The highest BCUT2D eigenvalue weighted by atomic mass is 32.1. The Morgan fingerprint density at radius 2 is 2.14 bits per heavy atom. The number of hydrogen-bond donors (Lipinski definition) is 3. The van der Waals surface area contributed by atoms with Gasteiger partial charge < -0.3 is 15.6 Å². The van der Waals surface area contributed by atoms with Crippen molar-refractivity contribution in [3.8, 4) is 11.6 Å². The minimum absolute atomic E-state index is 0.0297. The van der Waals surface area contributed by atoms with E-state index in [0.717, 1.165) is 12.1 Å². The van der Waals surface area contributed by atoms with Crippen LogP contribution in [0.1, 0.15) is 17.2 Å². The maximum absolute atomic E-state index is 13.7. The van der Waals surface area contributed by atoms with Crippen LogP contribution in [0.3, 0.4) is 0 Å². The van der Waals surface area contributed by atoms with Gasteiger partial charge in [0.15, 0.2) is 0 Å². The Bertz CT molecular complexity index is 691. The SMILES string of the molecule is Nc1cc(F)cc(Oc2ncc(S)c3c2C[C@@H](F)[C@H]3O)c1. The van der Waals surface area contributed by atoms with Gasteiger partial charge in [0.05, 0.1) is 0 Å². The number of pyridine rings is 1. The third-order valence-corrected chi connectivity index (χ3v) is 3.67. The quantitative estimate of drug-likeness (QED) is 0.589. The normalized spacial score (nSPS) is 20.4. The Kier molecular flexibility index (Phi) is 3.46. The first-order valence-electron chi connectivity index (χ1n) is 6.22. The molecule has 21 heavy (non-hydrogen) atoms. The summed E-state index contributed by atoms with van der Waals surface area (Å²) in [7, 11) is 0. The first-order valence-corrected chi connectivity index (χ1v) is 6.67. The third-order valence-electron chi connectivity index (χ3n) is 3.31. The van der Waals surface area contributed by atoms with Crippen molar-refractivity contribution >= 4 is 18.3 Å². The fraction of sp³-hybridized carbons (Fsp3) is 0.214. The van der Waals surface area contributed by atoms with Crippen molar-refractivity contribution in [2.45, 2.75) is 23.6 Å². The van der Waals surface area contributed by atoms with Gasteiger partial charge in [0, 0.05) is 46.5 Å². The van der Waals surface area contributed by atoms with Crippen LogP contribution >= 0.6 is 12.6 Å². The number of aliphatic hydroxyl groups excluding tert-OH is 1. The van der Waals surface area contributed by atoms with E-state index in [0.29, 0.717) is 16.0 Å². The number of nitrogen functional groups attached to an aromatic ring is 1. The Labute approximate surface area is 125 Å². The molecule has 2 atom stereocenters. The number of anilines is 1. The number of fused-ring (bicyclic) bond motifs is 1. The van der Waals surface area contributed by atoms with Crippen LogP contribution in [0, 0.1) is 5.82 Å². The Morgan fingerprint density at radius 3 is 2.86 bits per heavy atom. The van der Waals surface area contributed by atoms with Gasteiger partial charge in [-0.15, -0.1) is 12.6 Å². The molecule has 0 bridgehead atoms. The van der Waals surface area contributed by atoms with E-state index in [9.17, 15) is 13.9 Å². The number of benzene rings is 1. The number of halogens is 2. The van der Waals surface area contributed by atoms with Crippen LogP contribution in [-0.2, 0) is 6.42 Å². The number of hydrogen-bond acceptors (Lipinski definition) is 5. The van der Waals surface area contributed by atoms with Crippen molar-refractivity contribution in [1.29, 1.82) is 0 Å². The van der Waals surface area contributed by atoms with E-state index < -0.39 is 18.1 Å². The van der Waals surface area contributed by atoms with Gasteiger partial charge in [-0.2, -0.15) is 0 Å². The summed E-state index contributed by atoms with van der Waals surface area (Å²) in [5, 5.41) is 9.82. The molecule has 0 saturated carbocycles. The molecule has 110 valence electrons. The van der Waals surface area contributed by atoms with Crippen molar-refractivity contribution in [1.82, 2.24) is 4.98 Å². The van der Waals surface area contributed by atoms with Gasteiger partial charge in [0.2, 0.25) is 5.88 Å². The molecule has 2 aromatic rings. The van der Waals surface area contributed by atoms with E-state index in [-0.39, 0.29) is 23.7 Å². The van der Waals surface area contributed by atoms with Crippen molar-refractivity contribution in [2.24, 2.45) is 0 Å². The molecule has 3 N–H and O–H groups in total. The number of ether oxygens (including phenoxy) is 1. The van der Waals surface area contributed by atoms with Gasteiger partial charge in [-0.25, -0.2) is 13.8 Å². The maximum Gasteiger partial charge on any atom is 0.222 e. The third kappa shape index (κ3) is 2.54.